The molecule has 0 bridgehead atoms. The summed E-state index contributed by atoms with van der Waals surface area (Å²) in [4.78, 5) is 24.5. The minimum absolute atomic E-state index is 0.101. The van der Waals surface area contributed by atoms with Crippen LogP contribution in [-0.2, 0) is 9.53 Å². The average Bonchev–Trinajstić information content (AvgIpc) is 2.93. The molecule has 0 heterocycles. The lowest BCUT2D eigenvalue weighted by Crippen LogP contribution is -2.49. The zero-order valence-corrected chi connectivity index (χ0v) is 14.6. The van der Waals surface area contributed by atoms with E-state index in [0.29, 0.717) is 0 Å². The maximum absolute atomic E-state index is 12.3. The summed E-state index contributed by atoms with van der Waals surface area (Å²) in [6.45, 7) is 1.43. The Balaban J connectivity index is 1.78. The Bertz CT molecular complexity index is 787. The van der Waals surface area contributed by atoms with Crippen molar-refractivity contribution in [1.29, 1.82) is 0 Å². The monoisotopic (exact) mass is 355 g/mol. The zero-order chi connectivity index (χ0) is 18.8. The Morgan fingerprint density at radius 3 is 2.04 bits per heavy atom. The number of fused-ring (bicyclic) bond motifs is 3. The van der Waals surface area contributed by atoms with Crippen molar-refractivity contribution in [3.05, 3.63) is 59.7 Å². The smallest absolute Gasteiger partial charge is 0.410 e. The summed E-state index contributed by atoms with van der Waals surface area (Å²) in [5, 5.41) is 18.8. The molecule has 2 N–H and O–H groups in total. The number of aliphatic carboxylic acids is 1. The number of benzene rings is 2. The van der Waals surface area contributed by atoms with Crippen molar-refractivity contribution in [1.82, 2.24) is 4.90 Å². The van der Waals surface area contributed by atoms with Gasteiger partial charge in [-0.25, -0.2) is 9.59 Å². The Hall–Kier alpha value is -2.86. The maximum atomic E-state index is 12.3. The van der Waals surface area contributed by atoms with Crippen molar-refractivity contribution in [3.8, 4) is 11.1 Å². The van der Waals surface area contributed by atoms with E-state index in [9.17, 15) is 19.8 Å². The van der Waals surface area contributed by atoms with Crippen LogP contribution >= 0.6 is 0 Å². The topological polar surface area (TPSA) is 87.1 Å². The van der Waals surface area contributed by atoms with E-state index < -0.39 is 24.2 Å². The average molecular weight is 355 g/mol. The molecule has 1 aliphatic rings. The first kappa shape index (κ1) is 17.9. The molecule has 2 aromatic rings. The number of hydrogen-bond donors (Lipinski definition) is 2. The van der Waals surface area contributed by atoms with Gasteiger partial charge in [-0.2, -0.15) is 0 Å². The molecule has 0 aromatic heterocycles. The third-order valence-corrected chi connectivity index (χ3v) is 4.75. The number of likely N-dealkylation sites (N-methyl/N-ethyl adjacent to an activating group) is 1. The predicted molar refractivity (Wildman–Crippen MR) is 95.9 cm³/mol. The molecular weight excluding hydrogens is 334 g/mol. The van der Waals surface area contributed by atoms with Gasteiger partial charge in [-0.15, -0.1) is 0 Å². The summed E-state index contributed by atoms with van der Waals surface area (Å²) in [7, 11) is 1.31. The highest BCUT2D eigenvalue weighted by atomic mass is 16.6. The van der Waals surface area contributed by atoms with E-state index in [1.165, 1.54) is 14.0 Å². The van der Waals surface area contributed by atoms with Crippen LogP contribution in [0.25, 0.3) is 11.1 Å². The third-order valence-electron chi connectivity index (χ3n) is 4.75. The second kappa shape index (κ2) is 7.17. The minimum atomic E-state index is -1.36. The zero-order valence-electron chi connectivity index (χ0n) is 14.6. The Morgan fingerprint density at radius 1 is 1.08 bits per heavy atom. The van der Waals surface area contributed by atoms with Crippen molar-refractivity contribution in [2.45, 2.75) is 25.0 Å². The Labute approximate surface area is 151 Å². The quantitative estimate of drug-likeness (QED) is 0.861. The van der Waals surface area contributed by atoms with Crippen LogP contribution in [0.15, 0.2) is 48.5 Å². The molecule has 2 atom stereocenters. The number of hydrogen-bond acceptors (Lipinski definition) is 4. The molecule has 3 rings (SSSR count). The van der Waals surface area contributed by atoms with Crippen molar-refractivity contribution >= 4 is 12.1 Å². The van der Waals surface area contributed by atoms with E-state index in [1.54, 1.807) is 0 Å². The summed E-state index contributed by atoms with van der Waals surface area (Å²) in [5.74, 6) is -1.38. The van der Waals surface area contributed by atoms with Gasteiger partial charge in [-0.3, -0.25) is 4.90 Å². The third kappa shape index (κ3) is 3.15. The molecule has 0 saturated heterocycles. The molecule has 0 radical (unpaired) electrons. The molecule has 0 saturated carbocycles. The molecule has 136 valence electrons. The van der Waals surface area contributed by atoms with E-state index >= 15 is 0 Å². The molecule has 1 aliphatic carbocycles. The van der Waals surface area contributed by atoms with Crippen LogP contribution in [-0.4, -0.2) is 53.0 Å². The summed E-state index contributed by atoms with van der Waals surface area (Å²) in [5.41, 5.74) is 4.39. The van der Waals surface area contributed by atoms with Gasteiger partial charge in [0.05, 0.1) is 6.10 Å². The van der Waals surface area contributed by atoms with Gasteiger partial charge in [0.2, 0.25) is 0 Å². The highest BCUT2D eigenvalue weighted by Crippen LogP contribution is 2.44. The van der Waals surface area contributed by atoms with Gasteiger partial charge in [-0.05, 0) is 29.2 Å². The summed E-state index contributed by atoms with van der Waals surface area (Å²) < 4.78 is 5.40. The van der Waals surface area contributed by atoms with E-state index in [1.807, 2.05) is 48.5 Å². The number of ether oxygens (including phenoxy) is 1. The van der Waals surface area contributed by atoms with Gasteiger partial charge >= 0.3 is 12.1 Å². The lowest BCUT2D eigenvalue weighted by Gasteiger charge is -2.26. The molecule has 6 heteroatoms. The van der Waals surface area contributed by atoms with E-state index in [-0.39, 0.29) is 12.5 Å². The van der Waals surface area contributed by atoms with E-state index in [4.69, 9.17) is 4.74 Å². The molecule has 1 amide bonds. The summed E-state index contributed by atoms with van der Waals surface area (Å²) in [6, 6.07) is 14.6. The fraction of sp³-hybridized carbons (Fsp3) is 0.300. The van der Waals surface area contributed by atoms with Crippen molar-refractivity contribution in [3.63, 3.8) is 0 Å². The number of carboxylic acids is 1. The molecule has 0 spiro atoms. The number of aliphatic hydroxyl groups excluding tert-OH is 1. The first-order valence-electron chi connectivity index (χ1n) is 8.40. The number of carbonyl (C=O) groups excluding carboxylic acids is 1. The highest BCUT2D eigenvalue weighted by molar-refractivity contribution is 5.81. The van der Waals surface area contributed by atoms with Crippen LogP contribution in [0, 0.1) is 0 Å². The van der Waals surface area contributed by atoms with Crippen LogP contribution in [0.3, 0.4) is 0 Å². The van der Waals surface area contributed by atoms with Gasteiger partial charge in [0.1, 0.15) is 6.61 Å². The molecule has 0 aliphatic heterocycles. The Kier molecular flexibility index (Phi) is 4.95. The summed E-state index contributed by atoms with van der Waals surface area (Å²) in [6.07, 6.45) is -1.99. The number of carbonyl (C=O) groups is 2. The maximum Gasteiger partial charge on any atom is 0.410 e. The van der Waals surface area contributed by atoms with E-state index in [2.05, 4.69) is 0 Å². The number of nitrogens with zero attached hydrogens (tertiary/aromatic N) is 1. The highest BCUT2D eigenvalue weighted by Gasteiger charge is 2.33. The molecule has 0 unspecified atom stereocenters. The van der Waals surface area contributed by atoms with Crippen molar-refractivity contribution in [2.24, 2.45) is 0 Å². The van der Waals surface area contributed by atoms with Gasteiger partial charge in [0, 0.05) is 13.0 Å². The number of carboxylic acid groups (broad SMARTS) is 1. The largest absolute Gasteiger partial charge is 0.480 e. The minimum Gasteiger partial charge on any atom is -0.480 e. The van der Waals surface area contributed by atoms with Crippen LogP contribution in [0.5, 0.6) is 0 Å². The molecule has 2 aromatic carbocycles. The van der Waals surface area contributed by atoms with Gasteiger partial charge < -0.3 is 14.9 Å². The predicted octanol–water partition coefficient (Wildman–Crippen LogP) is 2.70. The van der Waals surface area contributed by atoms with Crippen LogP contribution in [0.1, 0.15) is 24.0 Å². The lowest BCUT2D eigenvalue weighted by atomic mass is 9.98. The number of amides is 1. The van der Waals surface area contributed by atoms with Gasteiger partial charge in [0.25, 0.3) is 0 Å². The second-order valence-corrected chi connectivity index (χ2v) is 6.44. The summed E-state index contributed by atoms with van der Waals surface area (Å²) >= 11 is 0. The Morgan fingerprint density at radius 2 is 1.58 bits per heavy atom. The number of aliphatic hydroxyl groups is 1. The second-order valence-electron chi connectivity index (χ2n) is 6.44. The molecular formula is C20H21NO5. The molecule has 6 nitrogen and oxygen atoms in total. The van der Waals surface area contributed by atoms with Crippen molar-refractivity contribution in [2.75, 3.05) is 13.7 Å². The van der Waals surface area contributed by atoms with Gasteiger partial charge in [0.15, 0.2) is 6.04 Å². The van der Waals surface area contributed by atoms with Crippen LogP contribution in [0.2, 0.25) is 0 Å². The van der Waals surface area contributed by atoms with Crippen molar-refractivity contribution < 1.29 is 24.5 Å². The normalized spacial score (nSPS) is 14.9. The first-order valence-corrected chi connectivity index (χ1v) is 8.40. The molecule has 0 fully saturated rings. The van der Waals surface area contributed by atoms with Gasteiger partial charge in [-0.1, -0.05) is 48.5 Å². The molecule has 26 heavy (non-hydrogen) atoms. The standard InChI is InChI=1S/C20H21NO5/c1-12(22)18(19(23)24)21(2)20(25)26-11-17-15-9-5-3-7-13(15)14-8-4-6-10-16(14)17/h3-10,12,17-18,22H,11H2,1-2H3,(H,23,24)/t12-,18-/m0/s1. The fourth-order valence-corrected chi connectivity index (χ4v) is 3.50. The fourth-order valence-electron chi connectivity index (χ4n) is 3.50. The first-order chi connectivity index (χ1) is 12.4. The van der Waals surface area contributed by atoms with E-state index in [0.717, 1.165) is 27.2 Å². The van der Waals surface area contributed by atoms with Crippen LogP contribution in [0.4, 0.5) is 4.79 Å². The SMILES string of the molecule is C[C@H](O)[C@@H](C(=O)O)N(C)C(=O)OCC1c2ccccc2-c2ccccc21. The van der Waals surface area contributed by atoms with Crippen LogP contribution < -0.4 is 0 Å². The number of rotatable bonds is 5. The lowest BCUT2D eigenvalue weighted by molar-refractivity contribution is -0.145.